The van der Waals surface area contributed by atoms with Gasteiger partial charge in [0.25, 0.3) is 0 Å². The van der Waals surface area contributed by atoms with Crippen molar-refractivity contribution < 1.29 is 18.0 Å². The highest BCUT2D eigenvalue weighted by Gasteiger charge is 2.42. The Labute approximate surface area is 98.0 Å². The fraction of sp³-hybridized carbons (Fsp3) is 0.417. The lowest BCUT2D eigenvalue weighted by Gasteiger charge is -2.22. The van der Waals surface area contributed by atoms with Crippen LogP contribution in [0.3, 0.4) is 0 Å². The molecular formula is C12H14F3NO. The molecule has 0 fully saturated rings. The van der Waals surface area contributed by atoms with Gasteiger partial charge in [0, 0.05) is 12.7 Å². The maximum atomic E-state index is 12.3. The molecule has 1 amide bonds. The summed E-state index contributed by atoms with van der Waals surface area (Å²) >= 11 is 0. The minimum absolute atomic E-state index is 0.287. The van der Waals surface area contributed by atoms with Crippen molar-refractivity contribution in [3.8, 4) is 0 Å². The largest absolute Gasteiger partial charge is 0.471 e. The molecule has 94 valence electrons. The molecule has 1 aromatic rings. The van der Waals surface area contributed by atoms with E-state index >= 15 is 0 Å². The van der Waals surface area contributed by atoms with E-state index in [2.05, 4.69) is 0 Å². The molecule has 0 unspecified atom stereocenters. The van der Waals surface area contributed by atoms with Crippen molar-refractivity contribution in [3.63, 3.8) is 0 Å². The van der Waals surface area contributed by atoms with Gasteiger partial charge < -0.3 is 4.90 Å². The molecule has 0 aliphatic carbocycles. The van der Waals surface area contributed by atoms with Crippen molar-refractivity contribution in [2.75, 3.05) is 11.9 Å². The van der Waals surface area contributed by atoms with E-state index in [1.54, 1.807) is 13.0 Å². The van der Waals surface area contributed by atoms with Gasteiger partial charge in [0.05, 0.1) is 0 Å². The van der Waals surface area contributed by atoms with E-state index in [4.69, 9.17) is 0 Å². The van der Waals surface area contributed by atoms with Crippen LogP contribution in [0.1, 0.15) is 16.7 Å². The molecule has 0 saturated heterocycles. The summed E-state index contributed by atoms with van der Waals surface area (Å²) in [6, 6.07) is 3.24. The van der Waals surface area contributed by atoms with Crippen LogP contribution in [0, 0.1) is 20.8 Å². The van der Waals surface area contributed by atoms with E-state index in [9.17, 15) is 18.0 Å². The standard InChI is InChI=1S/C12H14F3NO/c1-7-5-6-10(9(3)8(7)2)16(4)11(17)12(13,14)15/h5-6H,1-4H3. The summed E-state index contributed by atoms with van der Waals surface area (Å²) in [5.41, 5.74) is 2.85. The molecule has 0 heterocycles. The van der Waals surface area contributed by atoms with Gasteiger partial charge in [-0.15, -0.1) is 0 Å². The maximum Gasteiger partial charge on any atom is 0.471 e. The molecule has 0 saturated carbocycles. The summed E-state index contributed by atoms with van der Waals surface area (Å²) in [5, 5.41) is 0. The highest BCUT2D eigenvalue weighted by molar-refractivity contribution is 5.97. The average molecular weight is 245 g/mol. The molecule has 0 aromatic heterocycles. The van der Waals surface area contributed by atoms with Gasteiger partial charge in [-0.2, -0.15) is 13.2 Å². The first-order chi connectivity index (χ1) is 7.66. The molecule has 0 aliphatic rings. The van der Waals surface area contributed by atoms with Crippen molar-refractivity contribution in [2.24, 2.45) is 0 Å². The quantitative estimate of drug-likeness (QED) is 0.744. The van der Waals surface area contributed by atoms with Crippen LogP contribution >= 0.6 is 0 Å². The topological polar surface area (TPSA) is 20.3 Å². The number of carbonyl (C=O) groups is 1. The minimum atomic E-state index is -4.85. The number of benzene rings is 1. The summed E-state index contributed by atoms with van der Waals surface area (Å²) in [6.07, 6.45) is -4.85. The van der Waals surface area contributed by atoms with Crippen molar-refractivity contribution >= 4 is 11.6 Å². The first-order valence-electron chi connectivity index (χ1n) is 5.08. The maximum absolute atomic E-state index is 12.3. The van der Waals surface area contributed by atoms with Gasteiger partial charge in [-0.05, 0) is 43.5 Å². The second-order valence-corrected chi connectivity index (χ2v) is 4.01. The lowest BCUT2D eigenvalue weighted by molar-refractivity contribution is -0.170. The second kappa shape index (κ2) is 4.39. The van der Waals surface area contributed by atoms with E-state index in [-0.39, 0.29) is 5.69 Å². The summed E-state index contributed by atoms with van der Waals surface area (Å²) < 4.78 is 36.9. The van der Waals surface area contributed by atoms with Gasteiger partial charge in [-0.25, -0.2) is 0 Å². The number of aryl methyl sites for hydroxylation is 1. The molecule has 1 aromatic carbocycles. The van der Waals surface area contributed by atoms with Crippen molar-refractivity contribution in [1.82, 2.24) is 0 Å². The van der Waals surface area contributed by atoms with E-state index in [1.807, 2.05) is 13.8 Å². The van der Waals surface area contributed by atoms with Gasteiger partial charge >= 0.3 is 12.1 Å². The van der Waals surface area contributed by atoms with E-state index in [0.717, 1.165) is 18.2 Å². The normalized spacial score (nSPS) is 11.5. The molecule has 17 heavy (non-hydrogen) atoms. The number of carbonyl (C=O) groups excluding carboxylic acids is 1. The van der Waals surface area contributed by atoms with Crippen LogP contribution in [0.4, 0.5) is 18.9 Å². The molecule has 2 nitrogen and oxygen atoms in total. The Morgan fingerprint density at radius 3 is 2.12 bits per heavy atom. The van der Waals surface area contributed by atoms with Crippen molar-refractivity contribution in [1.29, 1.82) is 0 Å². The summed E-state index contributed by atoms with van der Waals surface area (Å²) in [7, 11) is 1.13. The minimum Gasteiger partial charge on any atom is -0.307 e. The van der Waals surface area contributed by atoms with Crippen LogP contribution in [0.15, 0.2) is 12.1 Å². The molecule has 0 atom stereocenters. The Morgan fingerprint density at radius 1 is 1.12 bits per heavy atom. The third-order valence-electron chi connectivity index (χ3n) is 2.94. The molecule has 0 radical (unpaired) electrons. The highest BCUT2D eigenvalue weighted by Crippen LogP contribution is 2.28. The van der Waals surface area contributed by atoms with Crippen LogP contribution in [0.25, 0.3) is 0 Å². The van der Waals surface area contributed by atoms with Crippen LogP contribution in [-0.4, -0.2) is 19.1 Å². The highest BCUT2D eigenvalue weighted by atomic mass is 19.4. The Balaban J connectivity index is 3.19. The fourth-order valence-electron chi connectivity index (χ4n) is 1.60. The molecule has 0 spiro atoms. The number of hydrogen-bond donors (Lipinski definition) is 0. The molecular weight excluding hydrogens is 231 g/mol. The van der Waals surface area contributed by atoms with Crippen LogP contribution in [-0.2, 0) is 4.79 Å². The molecule has 5 heteroatoms. The number of halogens is 3. The van der Waals surface area contributed by atoms with Gasteiger partial charge in [0.2, 0.25) is 0 Å². The zero-order valence-electron chi connectivity index (χ0n) is 10.1. The SMILES string of the molecule is Cc1ccc(N(C)C(=O)C(F)(F)F)c(C)c1C. The van der Waals surface area contributed by atoms with Crippen LogP contribution in [0.5, 0.6) is 0 Å². The summed E-state index contributed by atoms with van der Waals surface area (Å²) in [6.45, 7) is 5.40. The predicted molar refractivity (Wildman–Crippen MR) is 60.1 cm³/mol. The zero-order chi connectivity index (χ0) is 13.4. The third kappa shape index (κ3) is 2.60. The summed E-state index contributed by atoms with van der Waals surface area (Å²) in [4.78, 5) is 11.8. The van der Waals surface area contributed by atoms with E-state index in [1.165, 1.54) is 6.07 Å². The average Bonchev–Trinajstić information content (AvgIpc) is 2.23. The lowest BCUT2D eigenvalue weighted by atomic mass is 10.0. The molecule has 0 N–H and O–H groups in total. The monoisotopic (exact) mass is 245 g/mol. The molecule has 0 bridgehead atoms. The second-order valence-electron chi connectivity index (χ2n) is 4.01. The Morgan fingerprint density at radius 2 is 1.65 bits per heavy atom. The fourth-order valence-corrected chi connectivity index (χ4v) is 1.60. The van der Waals surface area contributed by atoms with Crippen LogP contribution in [0.2, 0.25) is 0 Å². The van der Waals surface area contributed by atoms with Gasteiger partial charge in [0.1, 0.15) is 0 Å². The Bertz CT molecular complexity index is 452. The smallest absolute Gasteiger partial charge is 0.307 e. The van der Waals surface area contributed by atoms with Crippen LogP contribution < -0.4 is 4.90 Å². The number of anilines is 1. The molecule has 0 aliphatic heterocycles. The molecule has 1 rings (SSSR count). The number of nitrogens with zero attached hydrogens (tertiary/aromatic N) is 1. The lowest BCUT2D eigenvalue weighted by Crippen LogP contribution is -2.38. The first kappa shape index (κ1) is 13.5. The van der Waals surface area contributed by atoms with Gasteiger partial charge in [-0.3, -0.25) is 4.79 Å². The van der Waals surface area contributed by atoms with E-state index < -0.39 is 12.1 Å². The number of rotatable bonds is 1. The first-order valence-corrected chi connectivity index (χ1v) is 5.08. The van der Waals surface area contributed by atoms with Gasteiger partial charge in [0.15, 0.2) is 0 Å². The summed E-state index contributed by atoms with van der Waals surface area (Å²) in [5.74, 6) is -1.86. The third-order valence-corrected chi connectivity index (χ3v) is 2.94. The zero-order valence-corrected chi connectivity index (χ0v) is 10.1. The number of hydrogen-bond acceptors (Lipinski definition) is 1. The van der Waals surface area contributed by atoms with Crippen molar-refractivity contribution in [3.05, 3.63) is 28.8 Å². The number of amides is 1. The van der Waals surface area contributed by atoms with E-state index in [0.29, 0.717) is 10.5 Å². The van der Waals surface area contributed by atoms with Crippen molar-refractivity contribution in [2.45, 2.75) is 26.9 Å². The number of alkyl halides is 3. The Kier molecular flexibility index (Phi) is 3.50. The van der Waals surface area contributed by atoms with Gasteiger partial charge in [-0.1, -0.05) is 6.07 Å². The Hall–Kier alpha value is -1.52. The predicted octanol–water partition coefficient (Wildman–Crippen LogP) is 3.14.